The Morgan fingerprint density at radius 3 is 2.85 bits per heavy atom. The van der Waals surface area contributed by atoms with Crippen molar-refractivity contribution in [2.24, 2.45) is 5.92 Å². The Bertz CT molecular complexity index is 491. The minimum absolute atomic E-state index is 0.254. The predicted octanol–water partition coefficient (Wildman–Crippen LogP) is 3.94. The molecule has 0 amide bonds. The van der Waals surface area contributed by atoms with Crippen LogP contribution in [0.1, 0.15) is 73.9 Å². The third-order valence-corrected chi connectivity index (χ3v) is 4.97. The highest BCUT2D eigenvalue weighted by atomic mass is 14.9. The fraction of sp³-hybridized carbons (Fsp3) is 0.706. The molecular formula is C17H25N3. The topological polar surface area (TPSA) is 51.6 Å². The van der Waals surface area contributed by atoms with E-state index >= 15 is 0 Å². The number of nitriles is 1. The first-order valence-corrected chi connectivity index (χ1v) is 8.10. The predicted molar refractivity (Wildman–Crippen MR) is 80.4 cm³/mol. The lowest BCUT2D eigenvalue weighted by atomic mass is 9.78. The van der Waals surface area contributed by atoms with Crippen molar-refractivity contribution in [2.75, 3.05) is 6.54 Å². The second-order valence-electron chi connectivity index (χ2n) is 6.51. The number of piperidine rings is 1. The third-order valence-electron chi connectivity index (χ3n) is 4.97. The summed E-state index contributed by atoms with van der Waals surface area (Å²) in [6, 6.07) is 5.33. The zero-order valence-corrected chi connectivity index (χ0v) is 12.4. The average molecular weight is 271 g/mol. The number of aromatic nitrogens is 1. The van der Waals surface area contributed by atoms with Crippen LogP contribution < -0.4 is 5.32 Å². The summed E-state index contributed by atoms with van der Waals surface area (Å²) in [5, 5.41) is 12.9. The normalized spacial score (nSPS) is 30.9. The van der Waals surface area contributed by atoms with E-state index in [0.717, 1.165) is 19.4 Å². The van der Waals surface area contributed by atoms with E-state index in [-0.39, 0.29) is 5.92 Å². The summed E-state index contributed by atoms with van der Waals surface area (Å²) in [6.07, 6.45) is 8.43. The number of nitrogens with one attached hydrogen (secondary N) is 2. The molecule has 0 aromatic carbocycles. The number of rotatable bonds is 2. The molecule has 1 aromatic heterocycles. The maximum atomic E-state index is 9.21. The summed E-state index contributed by atoms with van der Waals surface area (Å²) < 4.78 is 0. The Morgan fingerprint density at radius 1 is 1.20 bits per heavy atom. The van der Waals surface area contributed by atoms with Crippen molar-refractivity contribution in [3.8, 4) is 6.07 Å². The van der Waals surface area contributed by atoms with E-state index < -0.39 is 0 Å². The van der Waals surface area contributed by atoms with Crippen molar-refractivity contribution in [3.63, 3.8) is 0 Å². The van der Waals surface area contributed by atoms with Crippen LogP contribution in [-0.4, -0.2) is 11.5 Å². The summed E-state index contributed by atoms with van der Waals surface area (Å²) in [4.78, 5) is 3.61. The van der Waals surface area contributed by atoms with Crippen LogP contribution in [0.25, 0.3) is 0 Å². The van der Waals surface area contributed by atoms with Crippen LogP contribution in [-0.2, 0) is 0 Å². The van der Waals surface area contributed by atoms with Crippen LogP contribution in [0.4, 0.5) is 0 Å². The van der Waals surface area contributed by atoms with Crippen molar-refractivity contribution >= 4 is 0 Å². The highest BCUT2D eigenvalue weighted by molar-refractivity contribution is 5.32. The number of aryl methyl sites for hydroxylation is 1. The number of hydrogen-bond donors (Lipinski definition) is 2. The number of nitrogens with zero attached hydrogens (tertiary/aromatic N) is 1. The summed E-state index contributed by atoms with van der Waals surface area (Å²) >= 11 is 0. The molecule has 2 N–H and O–H groups in total. The second-order valence-corrected chi connectivity index (χ2v) is 6.51. The molecule has 3 heteroatoms. The Labute approximate surface area is 121 Å². The molecule has 3 rings (SSSR count). The van der Waals surface area contributed by atoms with Gasteiger partial charge in [-0.25, -0.2) is 0 Å². The van der Waals surface area contributed by atoms with Gasteiger partial charge < -0.3 is 10.3 Å². The van der Waals surface area contributed by atoms with Crippen molar-refractivity contribution in [3.05, 3.63) is 23.0 Å². The number of H-pyrrole nitrogens is 1. The van der Waals surface area contributed by atoms with Crippen LogP contribution in [0.2, 0.25) is 0 Å². The lowest BCUT2D eigenvalue weighted by Gasteiger charge is -2.29. The van der Waals surface area contributed by atoms with Gasteiger partial charge in [0.25, 0.3) is 0 Å². The van der Waals surface area contributed by atoms with Crippen molar-refractivity contribution in [1.29, 1.82) is 5.26 Å². The van der Waals surface area contributed by atoms with Gasteiger partial charge in [-0.15, -0.1) is 0 Å². The van der Waals surface area contributed by atoms with E-state index in [1.165, 1.54) is 49.1 Å². The Morgan fingerprint density at radius 2 is 2.10 bits per heavy atom. The van der Waals surface area contributed by atoms with Gasteiger partial charge in [-0.3, -0.25) is 0 Å². The van der Waals surface area contributed by atoms with Crippen LogP contribution in [0.3, 0.4) is 0 Å². The molecule has 1 aliphatic heterocycles. The molecule has 3 unspecified atom stereocenters. The highest BCUT2D eigenvalue weighted by Crippen LogP contribution is 2.39. The van der Waals surface area contributed by atoms with E-state index in [2.05, 4.69) is 29.4 Å². The molecule has 1 saturated carbocycles. The fourth-order valence-electron chi connectivity index (χ4n) is 3.94. The fourth-order valence-corrected chi connectivity index (χ4v) is 3.94. The first-order valence-electron chi connectivity index (χ1n) is 8.10. The number of hydrogen-bond acceptors (Lipinski definition) is 2. The van der Waals surface area contributed by atoms with Crippen LogP contribution in [0.15, 0.2) is 6.07 Å². The Kier molecular flexibility index (Phi) is 4.12. The van der Waals surface area contributed by atoms with E-state index in [4.69, 9.17) is 0 Å². The van der Waals surface area contributed by atoms with E-state index in [1.807, 2.05) is 0 Å². The van der Waals surface area contributed by atoms with Crippen molar-refractivity contribution < 1.29 is 0 Å². The van der Waals surface area contributed by atoms with E-state index in [1.54, 1.807) is 0 Å². The van der Waals surface area contributed by atoms with Crippen LogP contribution in [0.5, 0.6) is 0 Å². The van der Waals surface area contributed by atoms with Gasteiger partial charge in [0.2, 0.25) is 0 Å². The second kappa shape index (κ2) is 6.01. The van der Waals surface area contributed by atoms with E-state index in [0.29, 0.717) is 12.0 Å². The third kappa shape index (κ3) is 2.76. The summed E-state index contributed by atoms with van der Waals surface area (Å²) in [7, 11) is 0. The van der Waals surface area contributed by atoms with Gasteiger partial charge in [0.15, 0.2) is 0 Å². The smallest absolute Gasteiger partial charge is 0.0656 e. The minimum atomic E-state index is 0.254. The van der Waals surface area contributed by atoms with Gasteiger partial charge in [-0.2, -0.15) is 5.26 Å². The summed E-state index contributed by atoms with van der Waals surface area (Å²) in [5.74, 6) is 0.811. The molecule has 1 aromatic rings. The lowest BCUT2D eigenvalue weighted by molar-refractivity contribution is 0.364. The minimum Gasteiger partial charge on any atom is -0.362 e. The molecule has 2 heterocycles. The molecule has 108 valence electrons. The molecule has 0 bridgehead atoms. The Balaban J connectivity index is 1.83. The molecule has 2 fully saturated rings. The van der Waals surface area contributed by atoms with Gasteiger partial charge in [0.05, 0.1) is 6.07 Å². The van der Waals surface area contributed by atoms with Crippen molar-refractivity contribution in [2.45, 2.75) is 63.8 Å². The SMILES string of the molecule is Cc1cc(C2CCCCN2)c(C2CCCC(C#N)C2)[nH]1. The molecule has 1 aliphatic carbocycles. The zero-order valence-electron chi connectivity index (χ0n) is 12.4. The standard InChI is InChI=1S/C17H25N3/c1-12-9-15(16-7-2-3-8-19-16)17(20-12)14-6-4-5-13(10-14)11-18/h9,13-14,16,19-20H,2-8,10H2,1H3. The Hall–Kier alpha value is -1.27. The van der Waals surface area contributed by atoms with Gasteiger partial charge >= 0.3 is 0 Å². The number of aromatic amines is 1. The first kappa shape index (κ1) is 13.7. The molecule has 3 atom stereocenters. The highest BCUT2D eigenvalue weighted by Gasteiger charge is 2.28. The molecule has 1 saturated heterocycles. The first-order chi connectivity index (χ1) is 9.78. The molecule has 0 spiro atoms. The average Bonchev–Trinajstić information content (AvgIpc) is 2.90. The molecule has 0 radical (unpaired) electrons. The summed E-state index contributed by atoms with van der Waals surface area (Å²) in [5.41, 5.74) is 4.16. The molecular weight excluding hydrogens is 246 g/mol. The summed E-state index contributed by atoms with van der Waals surface area (Å²) in [6.45, 7) is 3.29. The molecule has 2 aliphatic rings. The largest absolute Gasteiger partial charge is 0.362 e. The lowest BCUT2D eigenvalue weighted by Crippen LogP contribution is -2.28. The maximum absolute atomic E-state index is 9.21. The van der Waals surface area contributed by atoms with Crippen LogP contribution in [0, 0.1) is 24.2 Å². The van der Waals surface area contributed by atoms with Gasteiger partial charge in [0, 0.05) is 29.3 Å². The van der Waals surface area contributed by atoms with E-state index in [9.17, 15) is 5.26 Å². The maximum Gasteiger partial charge on any atom is 0.0656 e. The van der Waals surface area contributed by atoms with Gasteiger partial charge in [-0.1, -0.05) is 12.8 Å². The van der Waals surface area contributed by atoms with Gasteiger partial charge in [0.1, 0.15) is 0 Å². The van der Waals surface area contributed by atoms with Crippen LogP contribution >= 0.6 is 0 Å². The van der Waals surface area contributed by atoms with Gasteiger partial charge in [-0.05, 0) is 57.2 Å². The molecule has 3 nitrogen and oxygen atoms in total. The monoisotopic (exact) mass is 271 g/mol. The quantitative estimate of drug-likeness (QED) is 0.856. The van der Waals surface area contributed by atoms with Crippen molar-refractivity contribution in [1.82, 2.24) is 10.3 Å². The molecule has 20 heavy (non-hydrogen) atoms. The zero-order chi connectivity index (χ0) is 13.9.